The van der Waals surface area contributed by atoms with Crippen LogP contribution in [0, 0.1) is 0 Å². The average Bonchev–Trinajstić information content (AvgIpc) is 3.35. The van der Waals surface area contributed by atoms with Crippen LogP contribution >= 0.6 is 11.3 Å². The van der Waals surface area contributed by atoms with Gasteiger partial charge in [-0.15, -0.1) is 0 Å². The summed E-state index contributed by atoms with van der Waals surface area (Å²) in [5.41, 5.74) is 3.92. The highest BCUT2D eigenvalue weighted by Gasteiger charge is 2.12. The van der Waals surface area contributed by atoms with Gasteiger partial charge in [0.1, 0.15) is 5.82 Å². The third kappa shape index (κ3) is 3.21. The third-order valence-electron chi connectivity index (χ3n) is 4.41. The first-order valence-corrected chi connectivity index (χ1v) is 9.36. The van der Waals surface area contributed by atoms with E-state index in [2.05, 4.69) is 34.5 Å². The quantitative estimate of drug-likeness (QED) is 0.559. The van der Waals surface area contributed by atoms with Gasteiger partial charge >= 0.3 is 0 Å². The summed E-state index contributed by atoms with van der Waals surface area (Å²) in [6.07, 6.45) is 1.90. The highest BCUT2D eigenvalue weighted by Crippen LogP contribution is 2.26. The molecule has 0 atom stereocenters. The molecule has 4 aromatic rings. The van der Waals surface area contributed by atoms with Crippen molar-refractivity contribution in [3.63, 3.8) is 0 Å². The van der Waals surface area contributed by atoms with Crippen molar-refractivity contribution < 1.29 is 4.79 Å². The molecule has 0 saturated carbocycles. The van der Waals surface area contributed by atoms with Crippen LogP contribution < -0.4 is 10.2 Å². The predicted molar refractivity (Wildman–Crippen MR) is 107 cm³/mol. The van der Waals surface area contributed by atoms with Crippen LogP contribution in [0.1, 0.15) is 15.9 Å². The number of nitrogens with zero attached hydrogens (tertiary/aromatic N) is 2. The second-order valence-electron chi connectivity index (χ2n) is 6.11. The lowest BCUT2D eigenvalue weighted by Gasteiger charge is -2.19. The largest absolute Gasteiger partial charge is 0.348 e. The van der Waals surface area contributed by atoms with Gasteiger partial charge < -0.3 is 14.6 Å². The zero-order chi connectivity index (χ0) is 17.9. The lowest BCUT2D eigenvalue weighted by molar-refractivity contribution is 0.0950. The summed E-state index contributed by atoms with van der Waals surface area (Å²) >= 11 is 1.63. The number of thiophene rings is 1. The molecule has 0 spiro atoms. The maximum atomic E-state index is 12.5. The Balaban J connectivity index is 1.61. The number of pyridine rings is 1. The normalized spacial score (nSPS) is 10.8. The van der Waals surface area contributed by atoms with E-state index in [0.717, 1.165) is 22.6 Å². The Labute approximate surface area is 156 Å². The molecule has 0 aliphatic carbocycles. The van der Waals surface area contributed by atoms with E-state index in [1.54, 1.807) is 11.3 Å². The molecule has 0 unspecified atom stereocenters. The molecule has 0 saturated heterocycles. The molecule has 130 valence electrons. The van der Waals surface area contributed by atoms with Crippen LogP contribution in [0.25, 0.3) is 5.52 Å². The molecule has 3 heterocycles. The van der Waals surface area contributed by atoms with E-state index < -0.39 is 0 Å². The third-order valence-corrected chi connectivity index (χ3v) is 5.14. The summed E-state index contributed by atoms with van der Waals surface area (Å²) < 4.78 is 2.05. The molecule has 1 aromatic carbocycles. The second kappa shape index (κ2) is 7.06. The fourth-order valence-electron chi connectivity index (χ4n) is 2.96. The van der Waals surface area contributed by atoms with E-state index >= 15 is 0 Å². The minimum Gasteiger partial charge on any atom is -0.348 e. The highest BCUT2D eigenvalue weighted by atomic mass is 32.1. The van der Waals surface area contributed by atoms with Gasteiger partial charge in [0.15, 0.2) is 0 Å². The van der Waals surface area contributed by atoms with Crippen molar-refractivity contribution >= 4 is 34.3 Å². The Kier molecular flexibility index (Phi) is 4.46. The Morgan fingerprint density at radius 1 is 1.08 bits per heavy atom. The Morgan fingerprint density at radius 2 is 1.88 bits per heavy atom. The molecular formula is C21H19N3OS. The van der Waals surface area contributed by atoms with Crippen molar-refractivity contribution in [1.29, 1.82) is 0 Å². The van der Waals surface area contributed by atoms with Crippen LogP contribution in [0.2, 0.25) is 0 Å². The number of hydrogen-bond donors (Lipinski definition) is 1. The zero-order valence-corrected chi connectivity index (χ0v) is 15.2. The summed E-state index contributed by atoms with van der Waals surface area (Å²) in [5.74, 6) is 0.943. The van der Waals surface area contributed by atoms with Crippen LogP contribution in [-0.2, 0) is 6.54 Å². The lowest BCUT2D eigenvalue weighted by atomic mass is 10.2. The topological polar surface area (TPSA) is 36.8 Å². The van der Waals surface area contributed by atoms with Gasteiger partial charge in [0, 0.05) is 31.0 Å². The van der Waals surface area contributed by atoms with Crippen molar-refractivity contribution in [3.05, 3.63) is 88.7 Å². The molecule has 0 fully saturated rings. The van der Waals surface area contributed by atoms with E-state index in [1.807, 2.05) is 64.8 Å². The molecule has 5 heteroatoms. The Bertz CT molecular complexity index is 1020. The summed E-state index contributed by atoms with van der Waals surface area (Å²) in [7, 11) is 2.03. The molecular weight excluding hydrogens is 342 g/mol. The Hall–Kier alpha value is -3.05. The molecule has 0 bridgehead atoms. The average molecular weight is 361 g/mol. The number of para-hydroxylation sites is 1. The Morgan fingerprint density at radius 3 is 2.65 bits per heavy atom. The van der Waals surface area contributed by atoms with Gasteiger partial charge in [0.05, 0.1) is 5.56 Å². The minimum absolute atomic E-state index is 0.0693. The molecule has 4 rings (SSSR count). The van der Waals surface area contributed by atoms with Gasteiger partial charge in [-0.25, -0.2) is 0 Å². The number of nitrogens with one attached hydrogen (secondary N) is 1. The van der Waals surface area contributed by atoms with Gasteiger partial charge in [-0.2, -0.15) is 11.3 Å². The molecule has 0 aliphatic heterocycles. The first kappa shape index (κ1) is 16.4. The number of hydrogen-bond acceptors (Lipinski definition) is 3. The second-order valence-corrected chi connectivity index (χ2v) is 6.89. The van der Waals surface area contributed by atoms with Crippen molar-refractivity contribution in [2.24, 2.45) is 0 Å². The van der Waals surface area contributed by atoms with E-state index in [4.69, 9.17) is 0 Å². The van der Waals surface area contributed by atoms with E-state index in [1.165, 1.54) is 0 Å². The van der Waals surface area contributed by atoms with Crippen molar-refractivity contribution in [2.45, 2.75) is 6.54 Å². The molecule has 4 nitrogen and oxygen atoms in total. The van der Waals surface area contributed by atoms with Crippen LogP contribution in [0.5, 0.6) is 0 Å². The van der Waals surface area contributed by atoms with E-state index in [9.17, 15) is 4.79 Å². The minimum atomic E-state index is -0.0693. The summed E-state index contributed by atoms with van der Waals surface area (Å²) in [6, 6.07) is 20.2. The van der Waals surface area contributed by atoms with Gasteiger partial charge in [-0.1, -0.05) is 18.2 Å². The standard InChI is InChI=1S/C21H19N3OS/c1-23(18-5-3-2-4-6-18)20-10-9-19-8-7-17(14-24(19)20)21(25)22-13-16-11-12-26-15-16/h2-12,14-15H,13H2,1H3,(H,22,25). The number of benzene rings is 1. The smallest absolute Gasteiger partial charge is 0.253 e. The molecule has 0 radical (unpaired) electrons. The van der Waals surface area contributed by atoms with E-state index in [0.29, 0.717) is 12.1 Å². The number of amides is 1. The summed E-state index contributed by atoms with van der Waals surface area (Å²) in [5, 5.41) is 7.04. The van der Waals surface area contributed by atoms with Gasteiger partial charge in [-0.3, -0.25) is 4.79 Å². The molecule has 1 amide bonds. The van der Waals surface area contributed by atoms with Gasteiger partial charge in [-0.05, 0) is 58.8 Å². The predicted octanol–water partition coefficient (Wildman–Crippen LogP) is 4.70. The lowest BCUT2D eigenvalue weighted by Crippen LogP contribution is -2.23. The first-order valence-electron chi connectivity index (χ1n) is 8.41. The van der Waals surface area contributed by atoms with Crippen LogP contribution in [0.15, 0.2) is 77.6 Å². The highest BCUT2D eigenvalue weighted by molar-refractivity contribution is 7.07. The van der Waals surface area contributed by atoms with Crippen LogP contribution in [0.4, 0.5) is 11.5 Å². The van der Waals surface area contributed by atoms with Gasteiger partial charge in [0.2, 0.25) is 0 Å². The number of rotatable bonds is 5. The monoisotopic (exact) mass is 361 g/mol. The maximum Gasteiger partial charge on any atom is 0.253 e. The number of anilines is 2. The first-order chi connectivity index (χ1) is 12.7. The van der Waals surface area contributed by atoms with Crippen LogP contribution in [-0.4, -0.2) is 17.4 Å². The number of carbonyl (C=O) groups is 1. The SMILES string of the molecule is CN(c1ccccc1)c1ccc2ccc(C(=O)NCc3ccsc3)cn12. The van der Waals surface area contributed by atoms with Crippen molar-refractivity contribution in [2.75, 3.05) is 11.9 Å². The molecule has 0 aliphatic rings. The number of aromatic nitrogens is 1. The van der Waals surface area contributed by atoms with Crippen molar-refractivity contribution in [1.82, 2.24) is 9.72 Å². The molecule has 1 N–H and O–H groups in total. The fourth-order valence-corrected chi connectivity index (χ4v) is 3.62. The molecule has 3 aromatic heterocycles. The maximum absolute atomic E-state index is 12.5. The van der Waals surface area contributed by atoms with Crippen LogP contribution in [0.3, 0.4) is 0 Å². The number of fused-ring (bicyclic) bond motifs is 1. The molecule has 26 heavy (non-hydrogen) atoms. The van der Waals surface area contributed by atoms with Gasteiger partial charge in [0.25, 0.3) is 5.91 Å². The van der Waals surface area contributed by atoms with E-state index in [-0.39, 0.29) is 5.91 Å². The fraction of sp³-hybridized carbons (Fsp3) is 0.0952. The van der Waals surface area contributed by atoms with Crippen molar-refractivity contribution in [3.8, 4) is 0 Å². The summed E-state index contributed by atoms with van der Waals surface area (Å²) in [6.45, 7) is 0.544. The number of carbonyl (C=O) groups excluding carboxylic acids is 1. The summed E-state index contributed by atoms with van der Waals surface area (Å²) in [4.78, 5) is 14.6. The zero-order valence-electron chi connectivity index (χ0n) is 14.4.